The van der Waals surface area contributed by atoms with Crippen LogP contribution >= 0.6 is 0 Å². The summed E-state index contributed by atoms with van der Waals surface area (Å²) in [6.07, 6.45) is 3.65. The summed E-state index contributed by atoms with van der Waals surface area (Å²) in [6.45, 7) is 8.03. The monoisotopic (exact) mass is 412 g/mol. The Kier molecular flexibility index (Phi) is 5.44. The molecule has 1 atom stereocenters. The van der Waals surface area contributed by atoms with E-state index in [1.54, 1.807) is 22.6 Å². The maximum absolute atomic E-state index is 13.2. The van der Waals surface area contributed by atoms with E-state index in [0.717, 1.165) is 41.9 Å². The number of aryl methyl sites for hydroxylation is 1. The first kappa shape index (κ1) is 20.0. The summed E-state index contributed by atoms with van der Waals surface area (Å²) in [5, 5.41) is 0. The highest BCUT2D eigenvalue weighted by atomic mass is 32.2. The van der Waals surface area contributed by atoms with Gasteiger partial charge >= 0.3 is 0 Å². The Morgan fingerprint density at radius 3 is 2.66 bits per heavy atom. The number of imidazole rings is 1. The smallest absolute Gasteiger partial charge is 0.243 e. The first-order valence-electron chi connectivity index (χ1n) is 10.2. The Labute approximate surface area is 172 Å². The van der Waals surface area contributed by atoms with Gasteiger partial charge in [-0.2, -0.15) is 4.31 Å². The van der Waals surface area contributed by atoms with Crippen molar-refractivity contribution in [1.29, 1.82) is 0 Å². The third-order valence-corrected chi connectivity index (χ3v) is 7.68. The molecule has 3 aromatic rings. The first-order chi connectivity index (χ1) is 13.9. The van der Waals surface area contributed by atoms with Gasteiger partial charge in [0.1, 0.15) is 11.3 Å². The Bertz CT molecular complexity index is 1100. The van der Waals surface area contributed by atoms with Crippen LogP contribution in [-0.4, -0.2) is 40.3 Å². The van der Waals surface area contributed by atoms with Crippen LogP contribution in [-0.2, 0) is 16.6 Å². The summed E-state index contributed by atoms with van der Waals surface area (Å²) in [5.41, 5.74) is 2.90. The fraction of sp³-hybridized carbons (Fsp3) is 0.455. The third kappa shape index (κ3) is 3.94. The Balaban J connectivity index is 1.54. The topological polar surface area (TPSA) is 68.1 Å². The van der Waals surface area contributed by atoms with Gasteiger partial charge in [-0.05, 0) is 61.4 Å². The molecule has 1 aliphatic heterocycles. The van der Waals surface area contributed by atoms with Gasteiger partial charge in [0, 0.05) is 25.8 Å². The van der Waals surface area contributed by atoms with Crippen LogP contribution in [0.25, 0.3) is 11.2 Å². The number of fused-ring (bicyclic) bond motifs is 1. The number of aromatic nitrogens is 3. The summed E-state index contributed by atoms with van der Waals surface area (Å²) >= 11 is 0. The number of rotatable bonds is 5. The number of sulfonamides is 1. The number of piperidine rings is 1. The largest absolute Gasteiger partial charge is 0.313 e. The van der Waals surface area contributed by atoms with Gasteiger partial charge in [0.2, 0.25) is 10.0 Å². The van der Waals surface area contributed by atoms with Crippen LogP contribution in [0.1, 0.15) is 44.0 Å². The van der Waals surface area contributed by atoms with Crippen molar-refractivity contribution >= 4 is 21.2 Å². The van der Waals surface area contributed by atoms with Crippen molar-refractivity contribution in [2.45, 2.75) is 51.0 Å². The minimum absolute atomic E-state index is 0.242. The molecule has 0 saturated carbocycles. The number of benzene rings is 1. The summed E-state index contributed by atoms with van der Waals surface area (Å²) < 4.78 is 30.1. The fourth-order valence-electron chi connectivity index (χ4n) is 4.12. The van der Waals surface area contributed by atoms with Crippen LogP contribution in [0.15, 0.2) is 47.5 Å². The van der Waals surface area contributed by atoms with Gasteiger partial charge in [-0.1, -0.05) is 26.0 Å². The van der Waals surface area contributed by atoms with Gasteiger partial charge in [0.15, 0.2) is 5.65 Å². The van der Waals surface area contributed by atoms with E-state index in [4.69, 9.17) is 0 Å². The summed E-state index contributed by atoms with van der Waals surface area (Å²) in [7, 11) is -3.48. The van der Waals surface area contributed by atoms with Gasteiger partial charge < -0.3 is 4.57 Å². The second kappa shape index (κ2) is 7.88. The normalized spacial score (nSPS) is 18.6. The molecule has 1 aromatic carbocycles. The van der Waals surface area contributed by atoms with E-state index in [2.05, 4.69) is 28.4 Å². The Hall–Kier alpha value is -2.25. The average molecular weight is 413 g/mol. The molecule has 1 fully saturated rings. The van der Waals surface area contributed by atoms with Gasteiger partial charge in [0.25, 0.3) is 0 Å². The lowest BCUT2D eigenvalue weighted by Crippen LogP contribution is -2.41. The van der Waals surface area contributed by atoms with Crippen LogP contribution in [0.4, 0.5) is 0 Å². The zero-order chi connectivity index (χ0) is 20.6. The van der Waals surface area contributed by atoms with Gasteiger partial charge in [-0.3, -0.25) is 0 Å². The molecular weight excluding hydrogens is 384 g/mol. The molecule has 1 unspecified atom stereocenters. The Morgan fingerprint density at radius 1 is 1.17 bits per heavy atom. The molecule has 1 saturated heterocycles. The summed E-state index contributed by atoms with van der Waals surface area (Å²) in [5.74, 6) is 1.54. The van der Waals surface area contributed by atoms with Crippen molar-refractivity contribution in [3.05, 3.63) is 54.0 Å². The molecule has 0 N–H and O–H groups in total. The minimum atomic E-state index is -3.48. The van der Waals surface area contributed by atoms with E-state index >= 15 is 0 Å². The molecule has 4 rings (SSSR count). The molecule has 0 bridgehead atoms. The summed E-state index contributed by atoms with van der Waals surface area (Å²) in [6, 6.07) is 11.2. The molecule has 0 spiro atoms. The molecule has 29 heavy (non-hydrogen) atoms. The molecule has 6 nitrogen and oxygen atoms in total. The van der Waals surface area contributed by atoms with Gasteiger partial charge in [-0.25, -0.2) is 18.4 Å². The zero-order valence-electron chi connectivity index (χ0n) is 17.2. The van der Waals surface area contributed by atoms with Crippen LogP contribution in [0.2, 0.25) is 0 Å². The maximum atomic E-state index is 13.2. The van der Waals surface area contributed by atoms with E-state index in [9.17, 15) is 8.42 Å². The highest BCUT2D eigenvalue weighted by Gasteiger charge is 2.31. The second-order valence-electron chi connectivity index (χ2n) is 8.21. The van der Waals surface area contributed by atoms with E-state index in [1.165, 1.54) is 0 Å². The maximum Gasteiger partial charge on any atom is 0.243 e. The highest BCUT2D eigenvalue weighted by Crippen LogP contribution is 2.27. The molecule has 0 aliphatic carbocycles. The number of nitrogens with zero attached hydrogens (tertiary/aromatic N) is 4. The second-order valence-corrected chi connectivity index (χ2v) is 10.1. The molecule has 3 heterocycles. The number of hydrogen-bond donors (Lipinski definition) is 0. The minimum Gasteiger partial charge on any atom is -0.313 e. The molecule has 0 amide bonds. The SMILES string of the molecule is Cc1nc2cccnc2n1CC1CCCN(S(=O)(=O)c2ccc(C(C)C)cc2)C1. The third-order valence-electron chi connectivity index (χ3n) is 5.80. The molecule has 1 aliphatic rings. The molecule has 154 valence electrons. The highest BCUT2D eigenvalue weighted by molar-refractivity contribution is 7.89. The molecule has 0 radical (unpaired) electrons. The number of hydrogen-bond acceptors (Lipinski definition) is 4. The van der Waals surface area contributed by atoms with Crippen LogP contribution < -0.4 is 0 Å². The Morgan fingerprint density at radius 2 is 1.93 bits per heavy atom. The lowest BCUT2D eigenvalue weighted by atomic mass is 9.99. The van der Waals surface area contributed by atoms with Crippen molar-refractivity contribution in [1.82, 2.24) is 18.8 Å². The predicted octanol–water partition coefficient (Wildman–Crippen LogP) is 3.96. The summed E-state index contributed by atoms with van der Waals surface area (Å²) in [4.78, 5) is 9.44. The fourth-order valence-corrected chi connectivity index (χ4v) is 5.67. The van der Waals surface area contributed by atoms with Crippen LogP contribution in [0, 0.1) is 12.8 Å². The molecule has 2 aromatic heterocycles. The van der Waals surface area contributed by atoms with Crippen LogP contribution in [0.3, 0.4) is 0 Å². The van der Waals surface area contributed by atoms with Crippen molar-refractivity contribution in [3.8, 4) is 0 Å². The first-order valence-corrected chi connectivity index (χ1v) is 11.7. The van der Waals surface area contributed by atoms with Crippen LogP contribution in [0.5, 0.6) is 0 Å². The quantitative estimate of drug-likeness (QED) is 0.636. The van der Waals surface area contributed by atoms with Gasteiger partial charge in [-0.15, -0.1) is 0 Å². The average Bonchev–Trinajstić information content (AvgIpc) is 3.03. The van der Waals surface area contributed by atoms with E-state index < -0.39 is 10.0 Å². The predicted molar refractivity (Wildman–Crippen MR) is 114 cm³/mol. The van der Waals surface area contributed by atoms with Crippen molar-refractivity contribution < 1.29 is 8.42 Å². The van der Waals surface area contributed by atoms with Crippen molar-refractivity contribution in [2.24, 2.45) is 5.92 Å². The zero-order valence-corrected chi connectivity index (χ0v) is 18.1. The van der Waals surface area contributed by atoms with E-state index in [1.807, 2.05) is 31.2 Å². The number of pyridine rings is 1. The molecular formula is C22H28N4O2S. The van der Waals surface area contributed by atoms with Gasteiger partial charge in [0.05, 0.1) is 4.90 Å². The van der Waals surface area contributed by atoms with E-state index in [-0.39, 0.29) is 5.92 Å². The standard InChI is InChI=1S/C22H28N4O2S/c1-16(2)19-8-10-20(11-9-19)29(27,28)25-13-5-6-18(14-25)15-26-17(3)24-21-7-4-12-23-22(21)26/h4,7-12,16,18H,5-6,13-15H2,1-3H3. The van der Waals surface area contributed by atoms with E-state index in [0.29, 0.717) is 23.9 Å². The molecule has 7 heteroatoms. The van der Waals surface area contributed by atoms with Crippen molar-refractivity contribution in [3.63, 3.8) is 0 Å². The lowest BCUT2D eigenvalue weighted by Gasteiger charge is -2.32. The van der Waals surface area contributed by atoms with Crippen molar-refractivity contribution in [2.75, 3.05) is 13.1 Å². The lowest BCUT2D eigenvalue weighted by molar-refractivity contribution is 0.245.